The molecule has 0 bridgehead atoms. The molecule has 1 spiro atoms. The zero-order chi connectivity index (χ0) is 27.6. The Bertz CT molecular complexity index is 1500. The first-order chi connectivity index (χ1) is 18.6. The number of fused-ring (bicyclic) bond motifs is 1. The average Bonchev–Trinajstić information content (AvgIpc) is 3.50. The number of para-hydroxylation sites is 1. The lowest BCUT2D eigenvalue weighted by atomic mass is 9.41. The van der Waals surface area contributed by atoms with Gasteiger partial charge in [-0.25, -0.2) is 12.4 Å². The number of benzene rings is 2. The fourth-order valence-electron chi connectivity index (χ4n) is 8.25. The fourth-order valence-corrected chi connectivity index (χ4v) is 9.65. The number of aliphatic hydroxyl groups is 1. The lowest BCUT2D eigenvalue weighted by Gasteiger charge is -2.63. The Morgan fingerprint density at radius 2 is 1.87 bits per heavy atom. The van der Waals surface area contributed by atoms with Crippen molar-refractivity contribution < 1.29 is 23.0 Å². The first-order valence-electron chi connectivity index (χ1n) is 14.2. The van der Waals surface area contributed by atoms with Crippen molar-refractivity contribution in [3.05, 3.63) is 78.5 Å². The molecule has 2 aliphatic carbocycles. The molecule has 6 nitrogen and oxygen atoms in total. The summed E-state index contributed by atoms with van der Waals surface area (Å²) in [7, 11) is -3.86. The van der Waals surface area contributed by atoms with Gasteiger partial charge in [0.1, 0.15) is 0 Å². The third-order valence-corrected chi connectivity index (χ3v) is 12.1. The van der Waals surface area contributed by atoms with E-state index in [0.29, 0.717) is 30.0 Å². The minimum Gasteiger partial charge on any atom is -0.388 e. The van der Waals surface area contributed by atoms with Crippen molar-refractivity contribution in [1.29, 1.82) is 0 Å². The van der Waals surface area contributed by atoms with E-state index in [2.05, 4.69) is 20.4 Å². The molecule has 1 saturated heterocycles. The summed E-state index contributed by atoms with van der Waals surface area (Å²) in [4.78, 5) is 0.213. The predicted molar refractivity (Wildman–Crippen MR) is 152 cm³/mol. The van der Waals surface area contributed by atoms with Crippen molar-refractivity contribution in [1.82, 2.24) is 3.97 Å². The highest BCUT2D eigenvalue weighted by atomic mass is 32.2. The van der Waals surface area contributed by atoms with Gasteiger partial charge in [-0.3, -0.25) is 0 Å². The summed E-state index contributed by atoms with van der Waals surface area (Å²) in [6.07, 6.45) is 4.85. The first kappa shape index (κ1) is 26.8. The number of rotatable bonds is 6. The van der Waals surface area contributed by atoms with Crippen LogP contribution in [-0.4, -0.2) is 36.5 Å². The number of aromatic nitrogens is 1. The molecule has 1 aliphatic heterocycles. The molecule has 39 heavy (non-hydrogen) atoms. The van der Waals surface area contributed by atoms with Crippen LogP contribution in [0.25, 0.3) is 10.9 Å². The Balaban J connectivity index is 1.52. The minimum absolute atomic E-state index is 0.0478. The third-order valence-electron chi connectivity index (χ3n) is 10.4. The highest BCUT2D eigenvalue weighted by Crippen LogP contribution is 2.71. The molecule has 3 aromatic rings. The zero-order valence-electron chi connectivity index (χ0n) is 23.0. The maximum atomic E-state index is 13.8. The van der Waals surface area contributed by atoms with Crippen molar-refractivity contribution in [3.63, 3.8) is 0 Å². The van der Waals surface area contributed by atoms with Gasteiger partial charge >= 0.3 is 0 Å². The summed E-state index contributed by atoms with van der Waals surface area (Å²) in [5.74, 6) is 0.175. The van der Waals surface area contributed by atoms with Crippen LogP contribution in [0.15, 0.2) is 77.8 Å². The lowest BCUT2D eigenvalue weighted by molar-refractivity contribution is -0.180. The third kappa shape index (κ3) is 3.80. The SMILES string of the molecule is C=C1CC[C@@]2(C)[C@H](C)CC[C@@H]3O[C@@H](OCC)C[C@@]32[C@@H]1[C@H](O)c1cn(S(=O)(=O)c2ccccc2)c2ccccc12. The van der Waals surface area contributed by atoms with Crippen LogP contribution in [0.5, 0.6) is 0 Å². The quantitative estimate of drug-likeness (QED) is 0.358. The summed E-state index contributed by atoms with van der Waals surface area (Å²) in [5.41, 5.74) is 1.76. The highest BCUT2D eigenvalue weighted by molar-refractivity contribution is 7.90. The molecule has 2 aromatic carbocycles. The van der Waals surface area contributed by atoms with Gasteiger partial charge in [-0.05, 0) is 62.1 Å². The summed E-state index contributed by atoms with van der Waals surface area (Å²) in [6.45, 7) is 11.8. The maximum Gasteiger partial charge on any atom is 0.268 e. The second-order valence-corrected chi connectivity index (χ2v) is 13.8. The second kappa shape index (κ2) is 9.58. The molecule has 0 unspecified atom stereocenters. The van der Waals surface area contributed by atoms with Crippen LogP contribution in [0.4, 0.5) is 0 Å². The van der Waals surface area contributed by atoms with Crippen molar-refractivity contribution in [3.8, 4) is 0 Å². The Morgan fingerprint density at radius 3 is 2.62 bits per heavy atom. The van der Waals surface area contributed by atoms with E-state index in [1.807, 2.05) is 25.1 Å². The number of hydrogen-bond donors (Lipinski definition) is 1. The van der Waals surface area contributed by atoms with Gasteiger partial charge in [0.2, 0.25) is 0 Å². The van der Waals surface area contributed by atoms with Crippen molar-refractivity contribution >= 4 is 20.9 Å². The van der Waals surface area contributed by atoms with E-state index < -0.39 is 16.1 Å². The highest BCUT2D eigenvalue weighted by Gasteiger charge is 2.68. The molecule has 3 fully saturated rings. The number of ether oxygens (including phenoxy) is 2. The molecule has 2 saturated carbocycles. The van der Waals surface area contributed by atoms with Gasteiger partial charge in [-0.1, -0.05) is 62.4 Å². The molecule has 1 aromatic heterocycles. The van der Waals surface area contributed by atoms with E-state index in [0.717, 1.165) is 36.6 Å². The largest absolute Gasteiger partial charge is 0.388 e. The standard InChI is InChI=1S/C32H39NO5S/c1-5-37-28-19-32-27(38-28)16-15-22(3)31(32,4)18-17-21(2)29(32)30(34)25-20-33(26-14-10-9-13-24(25)26)39(35,36)23-11-7-6-8-12-23/h6-14,20,22,27-30,34H,2,5,15-19H2,1,3-4H3/t22-,27+,28-,29+,30-,31+,32+/m1/s1. The first-order valence-corrected chi connectivity index (χ1v) is 15.6. The lowest BCUT2D eigenvalue weighted by Crippen LogP contribution is -2.60. The van der Waals surface area contributed by atoms with Gasteiger partial charge in [-0.15, -0.1) is 0 Å². The molecule has 0 amide bonds. The Labute approximate surface area is 231 Å². The molecule has 6 rings (SSSR count). The maximum absolute atomic E-state index is 13.8. The topological polar surface area (TPSA) is 77.8 Å². The van der Waals surface area contributed by atoms with Crippen LogP contribution in [0, 0.1) is 22.7 Å². The Kier molecular flexibility index (Phi) is 6.57. The van der Waals surface area contributed by atoms with E-state index in [1.165, 1.54) is 3.97 Å². The van der Waals surface area contributed by atoms with Gasteiger partial charge in [0.25, 0.3) is 10.0 Å². The fraction of sp³-hybridized carbons (Fsp3) is 0.500. The molecule has 0 radical (unpaired) electrons. The van der Waals surface area contributed by atoms with Gasteiger partial charge < -0.3 is 14.6 Å². The Morgan fingerprint density at radius 1 is 1.15 bits per heavy atom. The summed E-state index contributed by atoms with van der Waals surface area (Å²) in [6, 6.07) is 15.9. The molecule has 1 N–H and O–H groups in total. The molecule has 2 heterocycles. The van der Waals surface area contributed by atoms with E-state index >= 15 is 0 Å². The van der Waals surface area contributed by atoms with Crippen molar-refractivity contribution in [2.45, 2.75) is 76.3 Å². The average molecular weight is 550 g/mol. The molecule has 7 atom stereocenters. The van der Waals surface area contributed by atoms with E-state index in [-0.39, 0.29) is 34.0 Å². The Hall–Kier alpha value is -2.45. The van der Waals surface area contributed by atoms with Crippen LogP contribution < -0.4 is 0 Å². The van der Waals surface area contributed by atoms with Crippen LogP contribution >= 0.6 is 0 Å². The summed E-state index contributed by atoms with van der Waals surface area (Å²) in [5, 5.41) is 13.1. The van der Waals surface area contributed by atoms with Gasteiger partial charge in [0.15, 0.2) is 6.29 Å². The smallest absolute Gasteiger partial charge is 0.268 e. The molecule has 3 aliphatic rings. The molecule has 7 heteroatoms. The van der Waals surface area contributed by atoms with Gasteiger partial charge in [0.05, 0.1) is 22.6 Å². The summed E-state index contributed by atoms with van der Waals surface area (Å²) < 4.78 is 41.5. The number of aliphatic hydroxyl groups excluding tert-OH is 1. The molecule has 208 valence electrons. The van der Waals surface area contributed by atoms with E-state index in [4.69, 9.17) is 9.47 Å². The van der Waals surface area contributed by atoms with Crippen molar-refractivity contribution in [2.24, 2.45) is 22.7 Å². The summed E-state index contributed by atoms with van der Waals surface area (Å²) >= 11 is 0. The van der Waals surface area contributed by atoms with Crippen LogP contribution in [0.2, 0.25) is 0 Å². The van der Waals surface area contributed by atoms with Gasteiger partial charge in [0, 0.05) is 41.5 Å². The number of nitrogens with zero attached hydrogens (tertiary/aromatic N) is 1. The molecular formula is C32H39NO5S. The van der Waals surface area contributed by atoms with Crippen LogP contribution in [0.1, 0.15) is 64.5 Å². The van der Waals surface area contributed by atoms with Crippen LogP contribution in [-0.2, 0) is 19.5 Å². The molecular weight excluding hydrogens is 510 g/mol. The van der Waals surface area contributed by atoms with E-state index in [1.54, 1.807) is 42.6 Å². The monoisotopic (exact) mass is 549 g/mol. The van der Waals surface area contributed by atoms with Gasteiger partial charge in [-0.2, -0.15) is 0 Å². The second-order valence-electron chi connectivity index (χ2n) is 11.9. The number of hydrogen-bond acceptors (Lipinski definition) is 5. The zero-order valence-corrected chi connectivity index (χ0v) is 23.9. The van der Waals surface area contributed by atoms with E-state index in [9.17, 15) is 13.5 Å². The predicted octanol–water partition coefficient (Wildman–Crippen LogP) is 6.45. The van der Waals surface area contributed by atoms with Crippen LogP contribution in [0.3, 0.4) is 0 Å². The van der Waals surface area contributed by atoms with Crippen molar-refractivity contribution in [2.75, 3.05) is 6.61 Å². The minimum atomic E-state index is -3.86. The normalized spacial score (nSPS) is 33.6.